The summed E-state index contributed by atoms with van der Waals surface area (Å²) in [6.07, 6.45) is 10.0. The van der Waals surface area contributed by atoms with Crippen LogP contribution in [0.5, 0.6) is 0 Å². The van der Waals surface area contributed by atoms with Crippen molar-refractivity contribution in [1.82, 2.24) is 4.98 Å². The van der Waals surface area contributed by atoms with Gasteiger partial charge in [0.2, 0.25) is 0 Å². The fourth-order valence-corrected chi connectivity index (χ4v) is 2.82. The summed E-state index contributed by atoms with van der Waals surface area (Å²) in [6.45, 7) is 0.997. The first-order chi connectivity index (χ1) is 9.22. The zero-order valence-corrected chi connectivity index (χ0v) is 11.4. The van der Waals surface area contributed by atoms with Gasteiger partial charge in [-0.2, -0.15) is 0 Å². The van der Waals surface area contributed by atoms with Gasteiger partial charge in [-0.25, -0.2) is 0 Å². The summed E-state index contributed by atoms with van der Waals surface area (Å²) >= 11 is 0. The molecule has 104 valence electrons. The maximum Gasteiger partial charge on any atom is 0.172 e. The molecule has 1 aliphatic carbocycles. The van der Waals surface area contributed by atoms with E-state index in [4.69, 9.17) is 10.9 Å². The number of hydrogen-bond acceptors (Lipinski definition) is 4. The Hall–Kier alpha value is -1.78. The second-order valence-electron chi connectivity index (χ2n) is 5.26. The quantitative estimate of drug-likeness (QED) is 0.377. The topological polar surface area (TPSA) is 74.7 Å². The molecule has 0 bridgehead atoms. The molecule has 19 heavy (non-hydrogen) atoms. The van der Waals surface area contributed by atoms with Crippen LogP contribution in [0.3, 0.4) is 0 Å². The summed E-state index contributed by atoms with van der Waals surface area (Å²) in [5.41, 5.74) is 7.36. The molecule has 1 aromatic heterocycles. The maximum atomic E-state index is 8.84. The van der Waals surface area contributed by atoms with Gasteiger partial charge in [0.05, 0.1) is 11.9 Å². The van der Waals surface area contributed by atoms with E-state index in [0.29, 0.717) is 0 Å². The third-order valence-corrected chi connectivity index (χ3v) is 3.85. The van der Waals surface area contributed by atoms with E-state index in [1.807, 2.05) is 7.05 Å². The number of rotatable bonds is 4. The molecule has 0 saturated heterocycles. The first kappa shape index (κ1) is 13.6. The van der Waals surface area contributed by atoms with Crippen molar-refractivity contribution in [2.24, 2.45) is 16.8 Å². The van der Waals surface area contributed by atoms with Gasteiger partial charge in [0, 0.05) is 25.4 Å². The number of pyridine rings is 1. The second-order valence-corrected chi connectivity index (χ2v) is 5.26. The maximum absolute atomic E-state index is 8.84. The Morgan fingerprint density at radius 1 is 1.47 bits per heavy atom. The lowest BCUT2D eigenvalue weighted by Crippen LogP contribution is -2.29. The minimum absolute atomic E-state index is 0.132. The predicted octanol–water partition coefficient (Wildman–Crippen LogP) is 2.19. The van der Waals surface area contributed by atoms with E-state index in [-0.39, 0.29) is 5.84 Å². The van der Waals surface area contributed by atoms with Gasteiger partial charge in [0.15, 0.2) is 5.84 Å². The van der Waals surface area contributed by atoms with Gasteiger partial charge < -0.3 is 15.8 Å². The molecule has 5 nitrogen and oxygen atoms in total. The first-order valence-electron chi connectivity index (χ1n) is 6.85. The molecule has 1 saturated carbocycles. The van der Waals surface area contributed by atoms with Crippen LogP contribution in [0.25, 0.3) is 0 Å². The number of anilines is 1. The number of nitrogens with zero attached hydrogens (tertiary/aromatic N) is 3. The zero-order valence-electron chi connectivity index (χ0n) is 11.4. The van der Waals surface area contributed by atoms with Crippen LogP contribution in [0.1, 0.15) is 37.7 Å². The van der Waals surface area contributed by atoms with Crippen molar-refractivity contribution >= 4 is 11.5 Å². The summed E-state index contributed by atoms with van der Waals surface area (Å²) in [5, 5.41) is 11.9. The van der Waals surface area contributed by atoms with Crippen LogP contribution in [-0.4, -0.2) is 29.6 Å². The Morgan fingerprint density at radius 2 is 2.21 bits per heavy atom. The number of hydrogen-bond donors (Lipinski definition) is 2. The van der Waals surface area contributed by atoms with Crippen LogP contribution in [0, 0.1) is 5.92 Å². The molecular formula is C14H22N4O. The number of nitrogens with two attached hydrogens (primary N) is 1. The fraction of sp³-hybridized carbons (Fsp3) is 0.571. The summed E-state index contributed by atoms with van der Waals surface area (Å²) in [6, 6.07) is 1.78. The van der Waals surface area contributed by atoms with Gasteiger partial charge >= 0.3 is 0 Å². The molecule has 3 N–H and O–H groups in total. The van der Waals surface area contributed by atoms with Gasteiger partial charge in [-0.3, -0.25) is 4.98 Å². The summed E-state index contributed by atoms with van der Waals surface area (Å²) in [5.74, 6) is 0.868. The van der Waals surface area contributed by atoms with Gasteiger partial charge in [-0.05, 0) is 24.8 Å². The molecule has 1 aromatic rings. The standard InChI is InChI=1S/C14H22N4O/c1-18(10-11-5-3-2-4-6-11)13-9-16-8-7-12(13)14(15)17-19/h7-9,11,19H,2-6,10H2,1H3,(H2,15,17). The Balaban J connectivity index is 2.11. The van der Waals surface area contributed by atoms with E-state index in [1.165, 1.54) is 32.1 Å². The van der Waals surface area contributed by atoms with E-state index >= 15 is 0 Å². The normalized spacial score (nSPS) is 17.4. The van der Waals surface area contributed by atoms with Crippen LogP contribution in [-0.2, 0) is 0 Å². The fourth-order valence-electron chi connectivity index (χ4n) is 2.82. The summed E-state index contributed by atoms with van der Waals surface area (Å²) in [7, 11) is 2.04. The highest BCUT2D eigenvalue weighted by molar-refractivity contribution is 6.01. The van der Waals surface area contributed by atoms with E-state index in [1.54, 1.807) is 18.5 Å². The minimum atomic E-state index is 0.132. The lowest BCUT2D eigenvalue weighted by Gasteiger charge is -2.29. The van der Waals surface area contributed by atoms with Crippen molar-refractivity contribution in [3.63, 3.8) is 0 Å². The molecule has 0 aromatic carbocycles. The van der Waals surface area contributed by atoms with Gasteiger partial charge in [-0.15, -0.1) is 0 Å². The van der Waals surface area contributed by atoms with Gasteiger partial charge in [-0.1, -0.05) is 24.4 Å². The predicted molar refractivity (Wildman–Crippen MR) is 76.6 cm³/mol. The molecule has 1 fully saturated rings. The van der Waals surface area contributed by atoms with Crippen LogP contribution in [0.4, 0.5) is 5.69 Å². The molecule has 2 rings (SSSR count). The van der Waals surface area contributed by atoms with Crippen molar-refractivity contribution in [3.8, 4) is 0 Å². The molecule has 5 heteroatoms. The average Bonchev–Trinajstić information content (AvgIpc) is 2.47. The highest BCUT2D eigenvalue weighted by atomic mass is 16.4. The van der Waals surface area contributed by atoms with E-state index < -0.39 is 0 Å². The first-order valence-corrected chi connectivity index (χ1v) is 6.85. The smallest absolute Gasteiger partial charge is 0.172 e. The number of amidine groups is 1. The Morgan fingerprint density at radius 3 is 2.89 bits per heavy atom. The van der Waals surface area contributed by atoms with Gasteiger partial charge in [0.25, 0.3) is 0 Å². The van der Waals surface area contributed by atoms with Gasteiger partial charge in [0.1, 0.15) is 0 Å². The molecular weight excluding hydrogens is 240 g/mol. The number of aromatic nitrogens is 1. The molecule has 0 radical (unpaired) electrons. The Kier molecular flexibility index (Phi) is 4.60. The molecule has 0 amide bonds. The summed E-state index contributed by atoms with van der Waals surface area (Å²) in [4.78, 5) is 6.31. The van der Waals surface area contributed by atoms with Crippen molar-refractivity contribution in [2.75, 3.05) is 18.5 Å². The van der Waals surface area contributed by atoms with Crippen molar-refractivity contribution in [2.45, 2.75) is 32.1 Å². The van der Waals surface area contributed by atoms with E-state index in [2.05, 4.69) is 15.0 Å². The minimum Gasteiger partial charge on any atom is -0.409 e. The third kappa shape index (κ3) is 3.36. The van der Waals surface area contributed by atoms with Crippen molar-refractivity contribution in [3.05, 3.63) is 24.0 Å². The third-order valence-electron chi connectivity index (χ3n) is 3.85. The zero-order chi connectivity index (χ0) is 13.7. The molecule has 1 aliphatic rings. The highest BCUT2D eigenvalue weighted by Gasteiger charge is 2.18. The largest absolute Gasteiger partial charge is 0.409 e. The second kappa shape index (κ2) is 6.41. The molecule has 0 spiro atoms. The van der Waals surface area contributed by atoms with E-state index in [9.17, 15) is 0 Å². The van der Waals surface area contributed by atoms with Crippen LogP contribution < -0.4 is 10.6 Å². The van der Waals surface area contributed by atoms with Crippen molar-refractivity contribution < 1.29 is 5.21 Å². The molecule has 0 atom stereocenters. The Labute approximate surface area is 114 Å². The van der Waals surface area contributed by atoms with Crippen LogP contribution in [0.2, 0.25) is 0 Å². The lowest BCUT2D eigenvalue weighted by molar-refractivity contribution is 0.318. The SMILES string of the molecule is CN(CC1CCCCC1)c1cnccc1/C(N)=N/O. The van der Waals surface area contributed by atoms with E-state index in [0.717, 1.165) is 23.7 Å². The average molecular weight is 262 g/mol. The number of oxime groups is 1. The van der Waals surface area contributed by atoms with Crippen molar-refractivity contribution in [1.29, 1.82) is 0 Å². The molecule has 1 heterocycles. The molecule has 0 unspecified atom stereocenters. The van der Waals surface area contributed by atoms with Crippen LogP contribution >= 0.6 is 0 Å². The monoisotopic (exact) mass is 262 g/mol. The molecule has 0 aliphatic heterocycles. The lowest BCUT2D eigenvalue weighted by atomic mass is 9.89. The van der Waals surface area contributed by atoms with Crippen LogP contribution in [0.15, 0.2) is 23.6 Å². The Bertz CT molecular complexity index is 441. The summed E-state index contributed by atoms with van der Waals surface area (Å²) < 4.78 is 0. The highest BCUT2D eigenvalue weighted by Crippen LogP contribution is 2.26.